The first-order valence-electron chi connectivity index (χ1n) is 7.50. The summed E-state index contributed by atoms with van der Waals surface area (Å²) in [5, 5.41) is 25.6. The van der Waals surface area contributed by atoms with Crippen LogP contribution in [0.25, 0.3) is 16.8 Å². The zero-order valence-corrected chi connectivity index (χ0v) is 15.1. The van der Waals surface area contributed by atoms with Gasteiger partial charge in [-0.25, -0.2) is 9.37 Å². The van der Waals surface area contributed by atoms with Crippen LogP contribution in [0.4, 0.5) is 15.8 Å². The van der Waals surface area contributed by atoms with Crippen molar-refractivity contribution < 1.29 is 9.31 Å². The van der Waals surface area contributed by atoms with Crippen LogP contribution in [0, 0.1) is 27.3 Å². The smallest absolute Gasteiger partial charge is 0.271 e. The zero-order chi connectivity index (χ0) is 19.4. The Bertz CT molecular complexity index is 1070. The molecule has 1 N–H and O–H groups in total. The molecule has 27 heavy (non-hydrogen) atoms. The van der Waals surface area contributed by atoms with Crippen LogP contribution in [-0.2, 0) is 0 Å². The van der Waals surface area contributed by atoms with Crippen molar-refractivity contribution in [2.75, 3.05) is 5.32 Å². The molecular formula is C18H10ClFN4O2S. The van der Waals surface area contributed by atoms with Crippen molar-refractivity contribution in [1.29, 1.82) is 5.26 Å². The molecule has 0 fully saturated rings. The van der Waals surface area contributed by atoms with Gasteiger partial charge in [0.15, 0.2) is 0 Å². The maximum absolute atomic E-state index is 13.8. The summed E-state index contributed by atoms with van der Waals surface area (Å²) < 4.78 is 13.8. The lowest BCUT2D eigenvalue weighted by molar-refractivity contribution is -0.384. The van der Waals surface area contributed by atoms with Gasteiger partial charge in [-0.15, -0.1) is 11.3 Å². The summed E-state index contributed by atoms with van der Waals surface area (Å²) in [5.41, 5.74) is 1.33. The second-order valence-corrected chi connectivity index (χ2v) is 6.57. The van der Waals surface area contributed by atoms with Crippen LogP contribution >= 0.6 is 22.9 Å². The van der Waals surface area contributed by atoms with E-state index in [4.69, 9.17) is 11.6 Å². The zero-order valence-electron chi connectivity index (χ0n) is 13.5. The first-order valence-corrected chi connectivity index (χ1v) is 8.76. The van der Waals surface area contributed by atoms with Crippen LogP contribution in [0.2, 0.25) is 5.02 Å². The monoisotopic (exact) mass is 400 g/mol. The summed E-state index contributed by atoms with van der Waals surface area (Å²) >= 11 is 7.12. The average molecular weight is 401 g/mol. The van der Waals surface area contributed by atoms with Gasteiger partial charge in [0.2, 0.25) is 0 Å². The summed E-state index contributed by atoms with van der Waals surface area (Å²) in [7, 11) is 0. The standard InChI is InChI=1S/C18H10ClFN4O2S/c19-13-3-1-11(2-4-13)17-10-27-18(23-17)12(8-21)9-22-16-7-14(24(25)26)5-6-15(16)20/h1-7,9-10,22H/b12-9-. The summed E-state index contributed by atoms with van der Waals surface area (Å²) in [6, 6.07) is 12.2. The topological polar surface area (TPSA) is 91.8 Å². The highest BCUT2D eigenvalue weighted by Crippen LogP contribution is 2.27. The molecule has 0 atom stereocenters. The summed E-state index contributed by atoms with van der Waals surface area (Å²) in [6.07, 6.45) is 1.27. The quantitative estimate of drug-likeness (QED) is 0.347. The van der Waals surface area contributed by atoms with E-state index in [0.29, 0.717) is 15.7 Å². The van der Waals surface area contributed by atoms with Crippen LogP contribution < -0.4 is 5.32 Å². The Kier molecular flexibility index (Phi) is 5.45. The van der Waals surface area contributed by atoms with E-state index in [1.54, 1.807) is 17.5 Å². The van der Waals surface area contributed by atoms with Crippen molar-refractivity contribution in [3.05, 3.63) is 80.0 Å². The number of nitro groups is 1. The first kappa shape index (κ1) is 18.5. The highest BCUT2D eigenvalue weighted by atomic mass is 35.5. The van der Waals surface area contributed by atoms with E-state index in [9.17, 15) is 19.8 Å². The second kappa shape index (κ2) is 7.95. The Labute approximate surface area is 162 Å². The number of nitriles is 1. The maximum atomic E-state index is 13.8. The lowest BCUT2D eigenvalue weighted by atomic mass is 10.2. The van der Waals surface area contributed by atoms with E-state index >= 15 is 0 Å². The van der Waals surface area contributed by atoms with Crippen LogP contribution in [0.15, 0.2) is 54.0 Å². The van der Waals surface area contributed by atoms with Gasteiger partial charge in [0.25, 0.3) is 5.69 Å². The molecule has 3 rings (SSSR count). The molecule has 6 nitrogen and oxygen atoms in total. The van der Waals surface area contributed by atoms with Gasteiger partial charge < -0.3 is 5.32 Å². The Balaban J connectivity index is 1.86. The number of non-ortho nitro benzene ring substituents is 1. The Morgan fingerprint density at radius 3 is 2.74 bits per heavy atom. The SMILES string of the molecule is N#C/C(=C/Nc1cc([N+](=O)[O-])ccc1F)c1nc(-c2ccc(Cl)cc2)cs1. The summed E-state index contributed by atoms with van der Waals surface area (Å²) in [4.78, 5) is 14.6. The van der Waals surface area contributed by atoms with E-state index < -0.39 is 10.7 Å². The van der Waals surface area contributed by atoms with Gasteiger partial charge in [-0.1, -0.05) is 23.7 Å². The minimum absolute atomic E-state index is 0.105. The number of hydrogen-bond donors (Lipinski definition) is 1. The van der Waals surface area contributed by atoms with Crippen LogP contribution in [0.3, 0.4) is 0 Å². The first-order chi connectivity index (χ1) is 13.0. The van der Waals surface area contributed by atoms with Crippen molar-refractivity contribution in [1.82, 2.24) is 4.98 Å². The van der Waals surface area contributed by atoms with Gasteiger partial charge in [0.1, 0.15) is 22.5 Å². The predicted octanol–water partition coefficient (Wildman–Crippen LogP) is 5.49. The number of aromatic nitrogens is 1. The highest BCUT2D eigenvalue weighted by Gasteiger charge is 2.12. The maximum Gasteiger partial charge on any atom is 0.271 e. The molecule has 2 aromatic carbocycles. The number of nitrogens with zero attached hydrogens (tertiary/aromatic N) is 3. The van der Waals surface area contributed by atoms with Gasteiger partial charge in [0.05, 0.1) is 16.3 Å². The molecule has 1 heterocycles. The molecule has 0 amide bonds. The lowest BCUT2D eigenvalue weighted by Crippen LogP contribution is -1.96. The van der Waals surface area contributed by atoms with E-state index in [0.717, 1.165) is 23.8 Å². The van der Waals surface area contributed by atoms with Gasteiger partial charge in [0, 0.05) is 34.3 Å². The van der Waals surface area contributed by atoms with Crippen molar-refractivity contribution in [2.45, 2.75) is 0 Å². The molecule has 0 bridgehead atoms. The molecular weight excluding hydrogens is 391 g/mol. The molecule has 0 unspecified atom stereocenters. The van der Waals surface area contributed by atoms with Crippen LogP contribution in [-0.4, -0.2) is 9.91 Å². The Morgan fingerprint density at radius 1 is 1.33 bits per heavy atom. The fourth-order valence-corrected chi connectivity index (χ4v) is 3.10. The minimum atomic E-state index is -0.671. The Morgan fingerprint density at radius 2 is 2.07 bits per heavy atom. The third-order valence-corrected chi connectivity index (χ3v) is 4.66. The molecule has 9 heteroatoms. The molecule has 0 aliphatic heterocycles. The van der Waals surface area contributed by atoms with E-state index in [1.165, 1.54) is 17.5 Å². The third kappa shape index (κ3) is 4.28. The summed E-state index contributed by atoms with van der Waals surface area (Å²) in [5.74, 6) is -0.671. The third-order valence-electron chi connectivity index (χ3n) is 3.53. The fraction of sp³-hybridized carbons (Fsp3) is 0. The number of nitrogens with one attached hydrogen (secondary N) is 1. The van der Waals surface area contributed by atoms with Crippen molar-refractivity contribution in [2.24, 2.45) is 0 Å². The largest absolute Gasteiger partial charge is 0.358 e. The molecule has 0 radical (unpaired) electrons. The second-order valence-electron chi connectivity index (χ2n) is 5.28. The molecule has 1 aromatic heterocycles. The van der Waals surface area contributed by atoms with E-state index in [2.05, 4.69) is 10.3 Å². The number of hydrogen-bond acceptors (Lipinski definition) is 6. The van der Waals surface area contributed by atoms with Gasteiger partial charge >= 0.3 is 0 Å². The number of rotatable bonds is 5. The molecule has 0 aliphatic rings. The van der Waals surface area contributed by atoms with Crippen molar-refractivity contribution >= 4 is 39.9 Å². The normalized spacial score (nSPS) is 11.1. The van der Waals surface area contributed by atoms with Crippen LogP contribution in [0.5, 0.6) is 0 Å². The van der Waals surface area contributed by atoms with Crippen molar-refractivity contribution in [3.63, 3.8) is 0 Å². The molecule has 0 aliphatic carbocycles. The molecule has 0 saturated heterocycles. The molecule has 134 valence electrons. The Hall–Kier alpha value is -3.28. The van der Waals surface area contributed by atoms with E-state index in [1.807, 2.05) is 18.2 Å². The number of benzene rings is 2. The van der Waals surface area contributed by atoms with Gasteiger partial charge in [-0.3, -0.25) is 10.1 Å². The van der Waals surface area contributed by atoms with Gasteiger partial charge in [-0.2, -0.15) is 5.26 Å². The number of nitro benzene ring substituents is 1. The van der Waals surface area contributed by atoms with E-state index in [-0.39, 0.29) is 16.9 Å². The fourth-order valence-electron chi connectivity index (χ4n) is 2.18. The number of halogens is 2. The lowest BCUT2D eigenvalue weighted by Gasteiger charge is -2.03. The predicted molar refractivity (Wildman–Crippen MR) is 103 cm³/mol. The highest BCUT2D eigenvalue weighted by molar-refractivity contribution is 7.11. The van der Waals surface area contributed by atoms with Crippen LogP contribution in [0.1, 0.15) is 5.01 Å². The minimum Gasteiger partial charge on any atom is -0.358 e. The van der Waals surface area contributed by atoms with Gasteiger partial charge in [-0.05, 0) is 18.2 Å². The average Bonchev–Trinajstić information content (AvgIpc) is 3.14. The number of allylic oxidation sites excluding steroid dienone is 1. The molecule has 0 saturated carbocycles. The molecule has 0 spiro atoms. The number of anilines is 1. The summed E-state index contributed by atoms with van der Waals surface area (Å²) in [6.45, 7) is 0. The molecule has 3 aromatic rings. The number of thiazole rings is 1. The van der Waals surface area contributed by atoms with Crippen molar-refractivity contribution in [3.8, 4) is 17.3 Å².